The average molecular weight is 251 g/mol. The molecule has 1 rings (SSSR count). The number of benzene rings is 1. The topological polar surface area (TPSA) is 80.4 Å². The van der Waals surface area contributed by atoms with Crippen molar-refractivity contribution in [2.45, 2.75) is 32.8 Å². The lowest BCUT2D eigenvalue weighted by atomic mass is 9.99. The van der Waals surface area contributed by atoms with Gasteiger partial charge in [0.2, 0.25) is 0 Å². The third kappa shape index (κ3) is 4.25. The van der Waals surface area contributed by atoms with Gasteiger partial charge < -0.3 is 5.11 Å². The van der Waals surface area contributed by atoms with E-state index in [0.717, 1.165) is 0 Å². The molecule has 1 N–H and O–H groups in total. The third-order valence-electron chi connectivity index (χ3n) is 2.55. The molecule has 1 atom stereocenters. The highest BCUT2D eigenvalue weighted by molar-refractivity contribution is 5.79. The fourth-order valence-electron chi connectivity index (χ4n) is 1.69. The standard InChI is InChI=1S/C13H17NO4/c1-9(2)7-12(15)8-13(16)10-3-5-11(6-4-10)14(17)18/h3-6,9,13,16H,7-8H2,1-2H3/t13-/m0/s1. The zero-order chi connectivity index (χ0) is 13.7. The molecule has 0 radical (unpaired) electrons. The lowest BCUT2D eigenvalue weighted by Gasteiger charge is -2.11. The van der Waals surface area contributed by atoms with Crippen LogP contribution in [-0.4, -0.2) is 15.8 Å². The molecule has 18 heavy (non-hydrogen) atoms. The van der Waals surface area contributed by atoms with E-state index in [4.69, 9.17) is 0 Å². The van der Waals surface area contributed by atoms with E-state index in [-0.39, 0.29) is 23.8 Å². The van der Waals surface area contributed by atoms with Gasteiger partial charge in [-0.2, -0.15) is 0 Å². The van der Waals surface area contributed by atoms with E-state index in [1.165, 1.54) is 24.3 Å². The molecule has 5 nitrogen and oxygen atoms in total. The highest BCUT2D eigenvalue weighted by Gasteiger charge is 2.15. The number of hydrogen-bond donors (Lipinski definition) is 1. The SMILES string of the molecule is CC(C)CC(=O)C[C@H](O)c1ccc([N+](=O)[O-])cc1. The first-order valence-corrected chi connectivity index (χ1v) is 5.84. The van der Waals surface area contributed by atoms with Gasteiger partial charge in [-0.05, 0) is 23.6 Å². The van der Waals surface area contributed by atoms with Crippen LogP contribution >= 0.6 is 0 Å². The molecule has 1 aromatic carbocycles. The monoisotopic (exact) mass is 251 g/mol. The van der Waals surface area contributed by atoms with Crippen molar-refractivity contribution in [1.82, 2.24) is 0 Å². The maximum atomic E-state index is 11.5. The molecular formula is C13H17NO4. The Morgan fingerprint density at radius 1 is 1.28 bits per heavy atom. The quantitative estimate of drug-likeness (QED) is 0.622. The Morgan fingerprint density at radius 3 is 2.28 bits per heavy atom. The molecule has 0 aliphatic heterocycles. The summed E-state index contributed by atoms with van der Waals surface area (Å²) in [7, 11) is 0. The number of Topliss-reactive ketones (excluding diaryl/α,β-unsaturated/α-hetero) is 1. The minimum Gasteiger partial charge on any atom is -0.388 e. The Balaban J connectivity index is 2.64. The molecule has 0 heterocycles. The van der Waals surface area contributed by atoms with Crippen molar-refractivity contribution in [1.29, 1.82) is 0 Å². The van der Waals surface area contributed by atoms with Crippen molar-refractivity contribution in [2.24, 2.45) is 5.92 Å². The average Bonchev–Trinajstić information content (AvgIpc) is 2.27. The van der Waals surface area contributed by atoms with Crippen LogP contribution in [0.5, 0.6) is 0 Å². The summed E-state index contributed by atoms with van der Waals surface area (Å²) in [5.41, 5.74) is 0.497. The Morgan fingerprint density at radius 2 is 1.83 bits per heavy atom. The van der Waals surface area contributed by atoms with E-state index < -0.39 is 11.0 Å². The van der Waals surface area contributed by atoms with Gasteiger partial charge in [-0.15, -0.1) is 0 Å². The lowest BCUT2D eigenvalue weighted by Crippen LogP contribution is -2.09. The molecule has 0 unspecified atom stereocenters. The molecule has 98 valence electrons. The first-order chi connectivity index (χ1) is 8.40. The molecule has 0 aliphatic carbocycles. The number of nitrogens with zero attached hydrogens (tertiary/aromatic N) is 1. The van der Waals surface area contributed by atoms with Gasteiger partial charge in [-0.3, -0.25) is 14.9 Å². The fraction of sp³-hybridized carbons (Fsp3) is 0.462. The molecule has 5 heteroatoms. The van der Waals surface area contributed by atoms with E-state index in [2.05, 4.69) is 0 Å². The van der Waals surface area contributed by atoms with Gasteiger partial charge in [0.1, 0.15) is 5.78 Å². The molecule has 0 bridgehead atoms. The first kappa shape index (κ1) is 14.3. The predicted octanol–water partition coefficient (Wildman–Crippen LogP) is 2.63. The van der Waals surface area contributed by atoms with Crippen molar-refractivity contribution in [3.05, 3.63) is 39.9 Å². The van der Waals surface area contributed by atoms with Crippen LogP contribution in [0.1, 0.15) is 38.4 Å². The van der Waals surface area contributed by atoms with Gasteiger partial charge >= 0.3 is 0 Å². The van der Waals surface area contributed by atoms with Crippen molar-refractivity contribution in [3.63, 3.8) is 0 Å². The number of rotatable bonds is 6. The predicted molar refractivity (Wildman–Crippen MR) is 67.1 cm³/mol. The highest BCUT2D eigenvalue weighted by atomic mass is 16.6. The Hall–Kier alpha value is -1.75. The number of aliphatic hydroxyl groups excluding tert-OH is 1. The van der Waals surface area contributed by atoms with E-state index in [1.54, 1.807) is 0 Å². The maximum absolute atomic E-state index is 11.5. The Bertz CT molecular complexity index is 425. The van der Waals surface area contributed by atoms with E-state index >= 15 is 0 Å². The van der Waals surface area contributed by atoms with Gasteiger partial charge in [0, 0.05) is 25.0 Å². The van der Waals surface area contributed by atoms with Crippen molar-refractivity contribution in [3.8, 4) is 0 Å². The van der Waals surface area contributed by atoms with E-state index in [0.29, 0.717) is 12.0 Å². The second-order valence-corrected chi connectivity index (χ2v) is 4.71. The normalized spacial score (nSPS) is 12.4. The van der Waals surface area contributed by atoms with Gasteiger partial charge in [-0.25, -0.2) is 0 Å². The van der Waals surface area contributed by atoms with Crippen LogP contribution in [0, 0.1) is 16.0 Å². The summed E-state index contributed by atoms with van der Waals surface area (Å²) < 4.78 is 0. The first-order valence-electron chi connectivity index (χ1n) is 5.84. The van der Waals surface area contributed by atoms with Crippen LogP contribution in [0.15, 0.2) is 24.3 Å². The molecule has 0 aromatic heterocycles. The molecular weight excluding hydrogens is 234 g/mol. The van der Waals surface area contributed by atoms with Crippen LogP contribution < -0.4 is 0 Å². The summed E-state index contributed by atoms with van der Waals surface area (Å²) in [6, 6.07) is 5.61. The van der Waals surface area contributed by atoms with Crippen LogP contribution in [0.3, 0.4) is 0 Å². The number of non-ortho nitro benzene ring substituents is 1. The van der Waals surface area contributed by atoms with Crippen LogP contribution in [-0.2, 0) is 4.79 Å². The van der Waals surface area contributed by atoms with Crippen molar-refractivity contribution >= 4 is 11.5 Å². The van der Waals surface area contributed by atoms with E-state index in [9.17, 15) is 20.0 Å². The Labute approximate surface area is 106 Å². The second-order valence-electron chi connectivity index (χ2n) is 4.71. The van der Waals surface area contributed by atoms with Crippen LogP contribution in [0.4, 0.5) is 5.69 Å². The molecule has 0 saturated heterocycles. The number of hydrogen-bond acceptors (Lipinski definition) is 4. The zero-order valence-electron chi connectivity index (χ0n) is 10.5. The smallest absolute Gasteiger partial charge is 0.269 e. The fourth-order valence-corrected chi connectivity index (χ4v) is 1.69. The van der Waals surface area contributed by atoms with Crippen molar-refractivity contribution in [2.75, 3.05) is 0 Å². The molecule has 0 fully saturated rings. The maximum Gasteiger partial charge on any atom is 0.269 e. The van der Waals surface area contributed by atoms with Gasteiger partial charge in [-0.1, -0.05) is 13.8 Å². The molecule has 0 aliphatic rings. The highest BCUT2D eigenvalue weighted by Crippen LogP contribution is 2.21. The van der Waals surface area contributed by atoms with Gasteiger partial charge in [0.25, 0.3) is 5.69 Å². The van der Waals surface area contributed by atoms with Crippen molar-refractivity contribution < 1.29 is 14.8 Å². The largest absolute Gasteiger partial charge is 0.388 e. The lowest BCUT2D eigenvalue weighted by molar-refractivity contribution is -0.384. The summed E-state index contributed by atoms with van der Waals surface area (Å²) >= 11 is 0. The minimum absolute atomic E-state index is 0.00384. The second kappa shape index (κ2) is 6.26. The Kier molecular flexibility index (Phi) is 4.97. The number of aliphatic hydroxyl groups is 1. The number of ketones is 1. The minimum atomic E-state index is -0.892. The number of carbonyl (C=O) groups is 1. The molecule has 1 aromatic rings. The summed E-state index contributed by atoms with van der Waals surface area (Å²) in [5, 5.41) is 20.3. The summed E-state index contributed by atoms with van der Waals surface area (Å²) in [6.07, 6.45) is -0.405. The molecule has 0 spiro atoms. The molecule has 0 saturated carbocycles. The number of carbonyl (C=O) groups excluding carboxylic acids is 1. The summed E-state index contributed by atoms with van der Waals surface area (Å²) in [6.45, 7) is 3.88. The summed E-state index contributed by atoms with van der Waals surface area (Å²) in [4.78, 5) is 21.5. The zero-order valence-corrected chi connectivity index (χ0v) is 10.5. The third-order valence-corrected chi connectivity index (χ3v) is 2.55. The van der Waals surface area contributed by atoms with Crippen LogP contribution in [0.2, 0.25) is 0 Å². The van der Waals surface area contributed by atoms with Crippen LogP contribution in [0.25, 0.3) is 0 Å². The van der Waals surface area contributed by atoms with Gasteiger partial charge in [0.15, 0.2) is 0 Å². The molecule has 0 amide bonds. The number of nitro groups is 1. The summed E-state index contributed by atoms with van der Waals surface area (Å²) in [5.74, 6) is 0.261. The van der Waals surface area contributed by atoms with E-state index in [1.807, 2.05) is 13.8 Å². The van der Waals surface area contributed by atoms with Gasteiger partial charge in [0.05, 0.1) is 11.0 Å². The number of nitro benzene ring substituents is 1.